The first-order valence-electron chi connectivity index (χ1n) is 8.27. The average molecular weight is 350 g/mol. The van der Waals surface area contributed by atoms with E-state index in [9.17, 15) is 9.59 Å². The van der Waals surface area contributed by atoms with Gasteiger partial charge in [0, 0.05) is 5.69 Å². The Morgan fingerprint density at radius 3 is 2.42 bits per heavy atom. The Morgan fingerprint density at radius 2 is 1.77 bits per heavy atom. The molecular weight excluding hydrogens is 328 g/mol. The van der Waals surface area contributed by atoms with Gasteiger partial charge in [-0.15, -0.1) is 0 Å². The Labute approximate surface area is 153 Å². The number of carbonyl (C=O) groups excluding carboxylic acids is 2. The molecule has 0 spiro atoms. The van der Waals surface area contributed by atoms with Crippen LogP contribution in [0.3, 0.4) is 0 Å². The van der Waals surface area contributed by atoms with E-state index in [1.807, 2.05) is 37.3 Å². The first-order valence-corrected chi connectivity index (χ1v) is 8.27. The second-order valence-corrected chi connectivity index (χ2v) is 6.15. The highest BCUT2D eigenvalue weighted by Crippen LogP contribution is 2.14. The van der Waals surface area contributed by atoms with Gasteiger partial charge < -0.3 is 10.6 Å². The van der Waals surface area contributed by atoms with Gasteiger partial charge in [0.2, 0.25) is 11.8 Å². The number of amides is 2. The molecule has 2 N–H and O–H groups in total. The van der Waals surface area contributed by atoms with Crippen molar-refractivity contribution >= 4 is 23.2 Å². The fourth-order valence-electron chi connectivity index (χ4n) is 2.33. The van der Waals surface area contributed by atoms with Crippen LogP contribution in [0.25, 0.3) is 0 Å². The second-order valence-electron chi connectivity index (χ2n) is 6.15. The Kier molecular flexibility index (Phi) is 6.48. The van der Waals surface area contributed by atoms with E-state index in [4.69, 9.17) is 5.26 Å². The number of benzene rings is 2. The summed E-state index contributed by atoms with van der Waals surface area (Å²) in [7, 11) is 1.70. The number of hydrogen-bond acceptors (Lipinski definition) is 4. The molecule has 2 amide bonds. The van der Waals surface area contributed by atoms with E-state index in [0.717, 1.165) is 5.56 Å². The SMILES string of the molecule is Cc1ccc(NC(=O)CN(C)[C@@H](C)C(=O)Nc2ccccc2C#N)cc1. The minimum Gasteiger partial charge on any atom is -0.325 e. The predicted octanol–water partition coefficient (Wildman–Crippen LogP) is 2.76. The molecule has 6 nitrogen and oxygen atoms in total. The summed E-state index contributed by atoms with van der Waals surface area (Å²) in [5.41, 5.74) is 2.69. The standard InChI is InChI=1S/C20H22N4O2/c1-14-8-10-17(11-9-14)22-19(25)13-24(3)15(2)20(26)23-18-7-5-4-6-16(18)12-21/h4-11,15H,13H2,1-3H3,(H,22,25)(H,23,26)/t15-/m0/s1. The van der Waals surface area contributed by atoms with E-state index in [0.29, 0.717) is 16.9 Å². The molecule has 26 heavy (non-hydrogen) atoms. The van der Waals surface area contributed by atoms with Gasteiger partial charge >= 0.3 is 0 Å². The van der Waals surface area contributed by atoms with Crippen molar-refractivity contribution in [2.75, 3.05) is 24.2 Å². The van der Waals surface area contributed by atoms with Crippen molar-refractivity contribution in [3.8, 4) is 6.07 Å². The van der Waals surface area contributed by atoms with Crippen LogP contribution in [0, 0.1) is 18.3 Å². The van der Waals surface area contributed by atoms with Gasteiger partial charge in [0.05, 0.1) is 23.8 Å². The molecular formula is C20H22N4O2. The number of para-hydroxylation sites is 1. The molecule has 0 bridgehead atoms. The fraction of sp³-hybridized carbons (Fsp3) is 0.250. The molecule has 0 heterocycles. The van der Waals surface area contributed by atoms with Crippen molar-refractivity contribution in [3.63, 3.8) is 0 Å². The van der Waals surface area contributed by atoms with Gasteiger partial charge in [-0.05, 0) is 45.2 Å². The first-order chi connectivity index (χ1) is 12.4. The highest BCUT2D eigenvalue weighted by Gasteiger charge is 2.21. The number of likely N-dealkylation sites (N-methyl/N-ethyl adjacent to an activating group) is 1. The normalized spacial score (nSPS) is 11.5. The summed E-state index contributed by atoms with van der Waals surface area (Å²) in [5.74, 6) is -0.480. The lowest BCUT2D eigenvalue weighted by Crippen LogP contribution is -2.43. The third-order valence-corrected chi connectivity index (χ3v) is 4.07. The third-order valence-electron chi connectivity index (χ3n) is 4.07. The molecule has 2 aromatic carbocycles. The van der Waals surface area contributed by atoms with E-state index < -0.39 is 6.04 Å². The van der Waals surface area contributed by atoms with Crippen molar-refractivity contribution in [3.05, 3.63) is 59.7 Å². The summed E-state index contributed by atoms with van der Waals surface area (Å²) >= 11 is 0. The summed E-state index contributed by atoms with van der Waals surface area (Å²) in [6, 6.07) is 15.8. The molecule has 0 fully saturated rings. The van der Waals surface area contributed by atoms with Gasteiger partial charge in [-0.25, -0.2) is 0 Å². The third kappa shape index (κ3) is 5.16. The number of aryl methyl sites for hydroxylation is 1. The maximum atomic E-state index is 12.4. The van der Waals surface area contributed by atoms with E-state index in [1.54, 1.807) is 43.1 Å². The van der Waals surface area contributed by atoms with Crippen LogP contribution in [-0.4, -0.2) is 36.3 Å². The van der Waals surface area contributed by atoms with Crippen LogP contribution in [0.4, 0.5) is 11.4 Å². The predicted molar refractivity (Wildman–Crippen MR) is 102 cm³/mol. The van der Waals surface area contributed by atoms with Crippen LogP contribution in [0.5, 0.6) is 0 Å². The number of nitrogens with one attached hydrogen (secondary N) is 2. The van der Waals surface area contributed by atoms with E-state index >= 15 is 0 Å². The maximum Gasteiger partial charge on any atom is 0.241 e. The van der Waals surface area contributed by atoms with Gasteiger partial charge in [0.1, 0.15) is 6.07 Å². The Hall–Kier alpha value is -3.17. The van der Waals surface area contributed by atoms with Crippen molar-refractivity contribution < 1.29 is 9.59 Å². The fourth-order valence-corrected chi connectivity index (χ4v) is 2.33. The maximum absolute atomic E-state index is 12.4. The zero-order chi connectivity index (χ0) is 19.1. The number of anilines is 2. The lowest BCUT2D eigenvalue weighted by Gasteiger charge is -2.23. The smallest absolute Gasteiger partial charge is 0.241 e. The monoisotopic (exact) mass is 350 g/mol. The topological polar surface area (TPSA) is 85.2 Å². The molecule has 2 aromatic rings. The molecule has 0 aliphatic heterocycles. The van der Waals surface area contributed by atoms with Crippen LogP contribution >= 0.6 is 0 Å². The van der Waals surface area contributed by atoms with Crippen LogP contribution in [0.1, 0.15) is 18.1 Å². The van der Waals surface area contributed by atoms with E-state index in [2.05, 4.69) is 10.6 Å². The molecule has 0 aliphatic rings. The summed E-state index contributed by atoms with van der Waals surface area (Å²) in [5, 5.41) is 14.6. The molecule has 1 atom stereocenters. The molecule has 0 unspecified atom stereocenters. The molecule has 0 aliphatic carbocycles. The number of hydrogen-bond donors (Lipinski definition) is 2. The minimum absolute atomic E-state index is 0.0718. The van der Waals surface area contributed by atoms with Crippen molar-refractivity contribution in [1.29, 1.82) is 5.26 Å². The van der Waals surface area contributed by atoms with Gasteiger partial charge in [0.25, 0.3) is 0 Å². The largest absolute Gasteiger partial charge is 0.325 e. The molecule has 0 aromatic heterocycles. The van der Waals surface area contributed by atoms with Gasteiger partial charge in [-0.1, -0.05) is 29.8 Å². The molecule has 0 saturated carbocycles. The summed E-state index contributed by atoms with van der Waals surface area (Å²) in [6.07, 6.45) is 0. The van der Waals surface area contributed by atoms with Crippen molar-refractivity contribution in [2.45, 2.75) is 19.9 Å². The Balaban J connectivity index is 1.92. The van der Waals surface area contributed by atoms with Crippen LogP contribution in [-0.2, 0) is 9.59 Å². The van der Waals surface area contributed by atoms with Gasteiger partial charge in [0.15, 0.2) is 0 Å². The molecule has 0 saturated heterocycles. The lowest BCUT2D eigenvalue weighted by atomic mass is 10.2. The van der Waals surface area contributed by atoms with E-state index in [1.165, 1.54) is 0 Å². The van der Waals surface area contributed by atoms with Crippen LogP contribution < -0.4 is 10.6 Å². The van der Waals surface area contributed by atoms with Crippen LogP contribution in [0.2, 0.25) is 0 Å². The molecule has 0 radical (unpaired) electrons. The number of carbonyl (C=O) groups is 2. The molecule has 134 valence electrons. The van der Waals surface area contributed by atoms with Crippen molar-refractivity contribution in [2.24, 2.45) is 0 Å². The number of nitriles is 1. The Morgan fingerprint density at radius 1 is 1.12 bits per heavy atom. The lowest BCUT2D eigenvalue weighted by molar-refractivity contribution is -0.122. The zero-order valence-corrected chi connectivity index (χ0v) is 15.1. The zero-order valence-electron chi connectivity index (χ0n) is 15.1. The highest BCUT2D eigenvalue weighted by molar-refractivity contribution is 5.97. The van der Waals surface area contributed by atoms with Gasteiger partial charge in [-0.3, -0.25) is 14.5 Å². The molecule has 6 heteroatoms. The first kappa shape index (κ1) is 19.2. The second kappa shape index (κ2) is 8.79. The number of nitrogens with zero attached hydrogens (tertiary/aromatic N) is 2. The summed E-state index contributed by atoms with van der Waals surface area (Å²) in [6.45, 7) is 3.76. The average Bonchev–Trinajstić information content (AvgIpc) is 2.63. The quantitative estimate of drug-likeness (QED) is 0.839. The molecule has 2 rings (SSSR count). The Bertz CT molecular complexity index is 824. The summed E-state index contributed by atoms with van der Waals surface area (Å²) < 4.78 is 0. The minimum atomic E-state index is -0.537. The number of rotatable bonds is 6. The van der Waals surface area contributed by atoms with Gasteiger partial charge in [-0.2, -0.15) is 5.26 Å². The van der Waals surface area contributed by atoms with Crippen molar-refractivity contribution in [1.82, 2.24) is 4.90 Å². The highest BCUT2D eigenvalue weighted by atomic mass is 16.2. The summed E-state index contributed by atoms with van der Waals surface area (Å²) in [4.78, 5) is 26.2. The van der Waals surface area contributed by atoms with Crippen LogP contribution in [0.15, 0.2) is 48.5 Å². The van der Waals surface area contributed by atoms with E-state index in [-0.39, 0.29) is 18.4 Å².